The summed E-state index contributed by atoms with van der Waals surface area (Å²) in [6, 6.07) is 16.5. The number of rotatable bonds is 5. The van der Waals surface area contributed by atoms with Crippen molar-refractivity contribution in [2.45, 2.75) is 37.8 Å². The van der Waals surface area contributed by atoms with E-state index in [-0.39, 0.29) is 5.82 Å². The van der Waals surface area contributed by atoms with Crippen molar-refractivity contribution in [3.63, 3.8) is 0 Å². The molecule has 0 atom stereocenters. The average molecular weight is 491 g/mol. The Hall–Kier alpha value is -2.25. The van der Waals surface area contributed by atoms with Gasteiger partial charge in [0.1, 0.15) is 11.4 Å². The molecular formula is C23H24BrFN2O2S. The second-order valence-electron chi connectivity index (χ2n) is 7.92. The molecule has 158 valence electrons. The minimum atomic E-state index is -0.563. The smallest absolute Gasteiger partial charge is 0.410 e. The van der Waals surface area contributed by atoms with Gasteiger partial charge in [0.15, 0.2) is 0 Å². The highest BCUT2D eigenvalue weighted by Gasteiger charge is 2.21. The average Bonchev–Trinajstić information content (AvgIpc) is 3.02. The van der Waals surface area contributed by atoms with Gasteiger partial charge < -0.3 is 9.64 Å². The first-order chi connectivity index (χ1) is 14.1. The van der Waals surface area contributed by atoms with Crippen LogP contribution in [0.25, 0.3) is 11.3 Å². The third-order valence-corrected chi connectivity index (χ3v) is 5.57. The zero-order valence-corrected chi connectivity index (χ0v) is 19.8. The predicted octanol–water partition coefficient (Wildman–Crippen LogP) is 6.98. The van der Waals surface area contributed by atoms with E-state index >= 15 is 0 Å². The number of amides is 1. The van der Waals surface area contributed by atoms with Crippen LogP contribution in [0, 0.1) is 5.82 Å². The molecule has 4 nitrogen and oxygen atoms in total. The molecule has 0 N–H and O–H groups in total. The number of nitrogens with zero attached hydrogens (tertiary/aromatic N) is 2. The second kappa shape index (κ2) is 9.27. The minimum absolute atomic E-state index is 0.293. The fourth-order valence-corrected chi connectivity index (χ4v) is 4.37. The molecule has 0 aliphatic heterocycles. The van der Waals surface area contributed by atoms with Gasteiger partial charge in [-0.05, 0) is 74.7 Å². The predicted molar refractivity (Wildman–Crippen MR) is 123 cm³/mol. The second-order valence-corrected chi connectivity index (χ2v) is 9.89. The first kappa shape index (κ1) is 22.4. The van der Waals surface area contributed by atoms with E-state index in [2.05, 4.69) is 15.9 Å². The lowest BCUT2D eigenvalue weighted by atomic mass is 10.1. The molecular weight excluding hydrogens is 467 g/mol. The van der Waals surface area contributed by atoms with E-state index in [4.69, 9.17) is 4.74 Å². The molecule has 30 heavy (non-hydrogen) atoms. The first-order valence-electron chi connectivity index (χ1n) is 9.46. The SMILES string of the molecule is CN(Cc1cc(-c2ccccc2F)n(Sc2cccc(Br)c2)c1)C(=O)OC(C)(C)C. The number of carbonyl (C=O) groups is 1. The van der Waals surface area contributed by atoms with E-state index in [1.807, 2.05) is 67.3 Å². The summed E-state index contributed by atoms with van der Waals surface area (Å²) >= 11 is 4.97. The Balaban J connectivity index is 1.92. The lowest BCUT2D eigenvalue weighted by Crippen LogP contribution is -2.33. The number of hydrogen-bond acceptors (Lipinski definition) is 3. The Morgan fingerprint density at radius 1 is 1.17 bits per heavy atom. The molecule has 0 aliphatic rings. The highest BCUT2D eigenvalue weighted by Crippen LogP contribution is 2.33. The fraction of sp³-hybridized carbons (Fsp3) is 0.261. The largest absolute Gasteiger partial charge is 0.444 e. The maximum Gasteiger partial charge on any atom is 0.410 e. The number of halogens is 2. The van der Waals surface area contributed by atoms with E-state index < -0.39 is 11.7 Å². The molecule has 0 saturated heterocycles. The van der Waals surface area contributed by atoms with E-state index in [9.17, 15) is 9.18 Å². The molecule has 1 aromatic heterocycles. The third-order valence-electron chi connectivity index (χ3n) is 4.12. The van der Waals surface area contributed by atoms with Gasteiger partial charge in [0.25, 0.3) is 0 Å². The molecule has 0 bridgehead atoms. The summed E-state index contributed by atoms with van der Waals surface area (Å²) in [5.74, 6) is -0.293. The topological polar surface area (TPSA) is 34.5 Å². The summed E-state index contributed by atoms with van der Waals surface area (Å²) in [6.07, 6.45) is 1.52. The molecule has 1 amide bonds. The standard InChI is InChI=1S/C23H24BrFN2O2S/c1-23(2,3)29-22(28)26(4)14-16-12-21(19-10-5-6-11-20(19)25)27(15-16)30-18-9-7-8-17(24)13-18/h5-13,15H,14H2,1-4H3. The Kier molecular flexibility index (Phi) is 6.93. The molecule has 0 radical (unpaired) electrons. The van der Waals surface area contributed by atoms with Gasteiger partial charge in [-0.2, -0.15) is 0 Å². The number of carbonyl (C=O) groups excluding carboxylic acids is 1. The number of ether oxygens (including phenoxy) is 1. The van der Waals surface area contributed by atoms with Crippen LogP contribution >= 0.6 is 27.9 Å². The van der Waals surface area contributed by atoms with Gasteiger partial charge in [0.05, 0.1) is 12.2 Å². The maximum absolute atomic E-state index is 14.5. The van der Waals surface area contributed by atoms with Gasteiger partial charge in [0, 0.05) is 28.2 Å². The van der Waals surface area contributed by atoms with Gasteiger partial charge >= 0.3 is 6.09 Å². The maximum atomic E-state index is 14.5. The summed E-state index contributed by atoms with van der Waals surface area (Å²) in [4.78, 5) is 14.9. The lowest BCUT2D eigenvalue weighted by Gasteiger charge is -2.24. The Morgan fingerprint density at radius 3 is 2.57 bits per heavy atom. The highest BCUT2D eigenvalue weighted by atomic mass is 79.9. The van der Waals surface area contributed by atoms with Crippen LogP contribution in [0.1, 0.15) is 26.3 Å². The molecule has 7 heteroatoms. The van der Waals surface area contributed by atoms with Gasteiger partial charge in [-0.15, -0.1) is 0 Å². The first-order valence-corrected chi connectivity index (χ1v) is 11.0. The number of aromatic nitrogens is 1. The Bertz CT molecular complexity index is 1050. The molecule has 3 aromatic rings. The van der Waals surface area contributed by atoms with Gasteiger partial charge in [-0.3, -0.25) is 3.97 Å². The third kappa shape index (κ3) is 5.89. The van der Waals surface area contributed by atoms with Crippen molar-refractivity contribution in [2.75, 3.05) is 7.05 Å². The normalized spacial score (nSPS) is 11.4. The quantitative estimate of drug-likeness (QED) is 0.386. The summed E-state index contributed by atoms with van der Waals surface area (Å²) in [5.41, 5.74) is 1.55. The van der Waals surface area contributed by atoms with Crippen molar-refractivity contribution >= 4 is 34.0 Å². The Labute approximate surface area is 189 Å². The van der Waals surface area contributed by atoms with Crippen LogP contribution in [0.15, 0.2) is 70.2 Å². The number of hydrogen-bond donors (Lipinski definition) is 0. The summed E-state index contributed by atoms with van der Waals surface area (Å²) in [6.45, 7) is 5.85. The van der Waals surface area contributed by atoms with Crippen molar-refractivity contribution in [2.24, 2.45) is 0 Å². The van der Waals surface area contributed by atoms with Crippen LogP contribution in [-0.4, -0.2) is 27.6 Å². The van der Waals surface area contributed by atoms with E-state index in [0.29, 0.717) is 12.1 Å². The van der Waals surface area contributed by atoms with Crippen LogP contribution in [0.3, 0.4) is 0 Å². The Morgan fingerprint density at radius 2 is 1.90 bits per heavy atom. The molecule has 0 saturated carbocycles. The van der Waals surface area contributed by atoms with Crippen LogP contribution < -0.4 is 0 Å². The molecule has 0 spiro atoms. The zero-order chi connectivity index (χ0) is 21.9. The molecule has 2 aromatic carbocycles. The van der Waals surface area contributed by atoms with E-state index in [1.165, 1.54) is 22.9 Å². The fourth-order valence-electron chi connectivity index (χ4n) is 2.84. The monoisotopic (exact) mass is 490 g/mol. The van der Waals surface area contributed by atoms with Crippen LogP contribution in [0.5, 0.6) is 0 Å². The lowest BCUT2D eigenvalue weighted by molar-refractivity contribution is 0.0285. The highest BCUT2D eigenvalue weighted by molar-refractivity contribution is 9.10. The van der Waals surface area contributed by atoms with Gasteiger partial charge in [-0.1, -0.05) is 34.1 Å². The van der Waals surface area contributed by atoms with Crippen molar-refractivity contribution in [1.82, 2.24) is 8.87 Å². The van der Waals surface area contributed by atoms with Crippen molar-refractivity contribution in [1.29, 1.82) is 0 Å². The van der Waals surface area contributed by atoms with Gasteiger partial charge in [0.2, 0.25) is 0 Å². The zero-order valence-electron chi connectivity index (χ0n) is 17.4. The van der Waals surface area contributed by atoms with Crippen molar-refractivity contribution in [3.8, 4) is 11.3 Å². The van der Waals surface area contributed by atoms with E-state index in [0.717, 1.165) is 20.6 Å². The van der Waals surface area contributed by atoms with Crippen LogP contribution in [0.2, 0.25) is 0 Å². The van der Waals surface area contributed by atoms with Crippen LogP contribution in [0.4, 0.5) is 9.18 Å². The minimum Gasteiger partial charge on any atom is -0.444 e. The van der Waals surface area contributed by atoms with E-state index in [1.54, 1.807) is 19.2 Å². The molecule has 3 rings (SSSR count). The van der Waals surface area contributed by atoms with Gasteiger partial charge in [-0.25, -0.2) is 9.18 Å². The van der Waals surface area contributed by atoms with Crippen molar-refractivity contribution in [3.05, 3.63) is 76.6 Å². The molecule has 0 aliphatic carbocycles. The summed E-state index contributed by atoms with van der Waals surface area (Å²) in [5, 5.41) is 0. The summed E-state index contributed by atoms with van der Waals surface area (Å²) < 4.78 is 22.9. The molecule has 1 heterocycles. The van der Waals surface area contributed by atoms with Crippen molar-refractivity contribution < 1.29 is 13.9 Å². The number of benzene rings is 2. The molecule has 0 fully saturated rings. The van der Waals surface area contributed by atoms with Crippen LogP contribution in [-0.2, 0) is 11.3 Å². The molecule has 0 unspecified atom stereocenters. The summed E-state index contributed by atoms with van der Waals surface area (Å²) in [7, 11) is 1.69.